The molecule has 1 amide bonds. The Morgan fingerprint density at radius 3 is 2.83 bits per heavy atom. The molecule has 1 aliphatic heterocycles. The second-order valence-corrected chi connectivity index (χ2v) is 6.03. The van der Waals surface area contributed by atoms with E-state index >= 15 is 0 Å². The highest BCUT2D eigenvalue weighted by atomic mass is 35.5. The predicted octanol–water partition coefficient (Wildman–Crippen LogP) is 3.96. The zero-order valence-electron chi connectivity index (χ0n) is 12.7. The van der Waals surface area contributed by atoms with E-state index < -0.39 is 0 Å². The molecule has 1 fully saturated rings. The number of hydrogen-bond donors (Lipinski definition) is 0. The molecule has 0 radical (unpaired) electrons. The number of carbonyl (C=O) groups is 1. The number of aromatic nitrogens is 2. The topological polar surface area (TPSA) is 72.4 Å². The molecule has 2 aromatic heterocycles. The molecule has 0 bridgehead atoms. The predicted molar refractivity (Wildman–Crippen MR) is 86.5 cm³/mol. The molecule has 0 unspecified atom stereocenters. The van der Waals surface area contributed by atoms with Gasteiger partial charge in [0, 0.05) is 17.1 Å². The van der Waals surface area contributed by atoms with Crippen LogP contribution in [0, 0.1) is 0 Å². The monoisotopic (exact) mass is 343 g/mol. The van der Waals surface area contributed by atoms with Crippen molar-refractivity contribution in [1.82, 2.24) is 15.0 Å². The number of amides is 1. The van der Waals surface area contributed by atoms with Gasteiger partial charge < -0.3 is 13.8 Å². The Morgan fingerprint density at radius 2 is 2.08 bits per heavy atom. The van der Waals surface area contributed by atoms with E-state index in [0.29, 0.717) is 29.0 Å². The molecule has 0 aliphatic carbocycles. The molecular formula is C17H14ClN3O3. The first-order valence-corrected chi connectivity index (χ1v) is 8.04. The van der Waals surface area contributed by atoms with E-state index in [4.69, 9.17) is 20.5 Å². The molecule has 6 nitrogen and oxygen atoms in total. The fourth-order valence-electron chi connectivity index (χ4n) is 2.90. The number of furan rings is 1. The van der Waals surface area contributed by atoms with Crippen LogP contribution < -0.4 is 0 Å². The van der Waals surface area contributed by atoms with E-state index in [2.05, 4.69) is 10.1 Å². The van der Waals surface area contributed by atoms with Gasteiger partial charge in [-0.25, -0.2) is 0 Å². The largest absolute Gasteiger partial charge is 0.459 e. The van der Waals surface area contributed by atoms with Crippen LogP contribution in [0.3, 0.4) is 0 Å². The van der Waals surface area contributed by atoms with Gasteiger partial charge in [-0.05, 0) is 49.2 Å². The average molecular weight is 344 g/mol. The van der Waals surface area contributed by atoms with Crippen molar-refractivity contribution in [1.29, 1.82) is 0 Å². The van der Waals surface area contributed by atoms with Gasteiger partial charge >= 0.3 is 0 Å². The summed E-state index contributed by atoms with van der Waals surface area (Å²) in [5, 5.41) is 4.67. The van der Waals surface area contributed by atoms with Crippen molar-refractivity contribution in [2.45, 2.75) is 18.9 Å². The Kier molecular flexibility index (Phi) is 3.82. The molecule has 0 N–H and O–H groups in total. The van der Waals surface area contributed by atoms with Crippen LogP contribution in [0.25, 0.3) is 11.4 Å². The minimum atomic E-state index is -0.226. The number of halogens is 1. The van der Waals surface area contributed by atoms with Crippen molar-refractivity contribution >= 4 is 17.5 Å². The summed E-state index contributed by atoms with van der Waals surface area (Å²) < 4.78 is 10.6. The van der Waals surface area contributed by atoms with Crippen LogP contribution in [0.15, 0.2) is 51.6 Å². The second-order valence-electron chi connectivity index (χ2n) is 5.60. The molecule has 1 aliphatic rings. The van der Waals surface area contributed by atoms with E-state index in [1.54, 1.807) is 29.2 Å². The maximum atomic E-state index is 12.5. The molecule has 7 heteroatoms. The van der Waals surface area contributed by atoms with Crippen LogP contribution in [0.2, 0.25) is 5.02 Å². The smallest absolute Gasteiger partial charge is 0.290 e. The third-order valence-electron chi connectivity index (χ3n) is 4.07. The van der Waals surface area contributed by atoms with E-state index in [0.717, 1.165) is 18.4 Å². The van der Waals surface area contributed by atoms with Gasteiger partial charge in [-0.2, -0.15) is 4.98 Å². The first kappa shape index (κ1) is 15.0. The summed E-state index contributed by atoms with van der Waals surface area (Å²) in [6, 6.07) is 10.3. The standard InChI is InChI=1S/C17H14ClN3O3/c18-12-7-5-11(6-8-12)15-19-16(24-20-15)13-3-1-9-21(13)17(22)14-4-2-10-23-14/h2,4-8,10,13H,1,3,9H2/t13-/m0/s1. The maximum Gasteiger partial charge on any atom is 0.290 e. The molecule has 4 rings (SSSR count). The summed E-state index contributed by atoms with van der Waals surface area (Å²) in [6.07, 6.45) is 3.16. The summed E-state index contributed by atoms with van der Waals surface area (Å²) in [6.45, 7) is 0.642. The fourth-order valence-corrected chi connectivity index (χ4v) is 3.02. The third-order valence-corrected chi connectivity index (χ3v) is 4.33. The van der Waals surface area contributed by atoms with Crippen LogP contribution in [0.1, 0.15) is 35.3 Å². The highest BCUT2D eigenvalue weighted by Crippen LogP contribution is 2.33. The van der Waals surface area contributed by atoms with Crippen molar-refractivity contribution in [3.8, 4) is 11.4 Å². The highest BCUT2D eigenvalue weighted by molar-refractivity contribution is 6.30. The molecule has 1 atom stereocenters. The van der Waals surface area contributed by atoms with Crippen LogP contribution >= 0.6 is 11.6 Å². The number of carbonyl (C=O) groups excluding carboxylic acids is 1. The summed E-state index contributed by atoms with van der Waals surface area (Å²) in [4.78, 5) is 18.7. The van der Waals surface area contributed by atoms with Gasteiger partial charge in [0.2, 0.25) is 11.7 Å². The zero-order valence-corrected chi connectivity index (χ0v) is 13.4. The van der Waals surface area contributed by atoms with Gasteiger partial charge in [0.25, 0.3) is 5.91 Å². The molecule has 24 heavy (non-hydrogen) atoms. The molecule has 3 aromatic rings. The zero-order chi connectivity index (χ0) is 16.5. The second kappa shape index (κ2) is 6.13. The number of hydrogen-bond acceptors (Lipinski definition) is 5. The first-order valence-electron chi connectivity index (χ1n) is 7.66. The summed E-state index contributed by atoms with van der Waals surface area (Å²) in [5.74, 6) is 1.09. The number of likely N-dealkylation sites (tertiary alicyclic amines) is 1. The minimum Gasteiger partial charge on any atom is -0.459 e. The van der Waals surface area contributed by atoms with Crippen molar-refractivity contribution in [2.24, 2.45) is 0 Å². The van der Waals surface area contributed by atoms with Crippen LogP contribution in [-0.4, -0.2) is 27.5 Å². The number of benzene rings is 1. The molecule has 1 aromatic carbocycles. The summed E-state index contributed by atoms with van der Waals surface area (Å²) in [5.41, 5.74) is 0.816. The van der Waals surface area contributed by atoms with E-state index in [1.807, 2.05) is 12.1 Å². The first-order chi connectivity index (χ1) is 11.7. The van der Waals surface area contributed by atoms with E-state index in [1.165, 1.54) is 6.26 Å². The Bertz CT molecular complexity index is 842. The fraction of sp³-hybridized carbons (Fsp3) is 0.235. The van der Waals surface area contributed by atoms with Gasteiger partial charge in [0.05, 0.1) is 6.26 Å². The summed E-state index contributed by atoms with van der Waals surface area (Å²) >= 11 is 5.89. The Hall–Kier alpha value is -2.60. The molecule has 3 heterocycles. The van der Waals surface area contributed by atoms with Crippen molar-refractivity contribution in [3.05, 3.63) is 59.3 Å². The summed E-state index contributed by atoms with van der Waals surface area (Å²) in [7, 11) is 0. The van der Waals surface area contributed by atoms with Gasteiger partial charge in [-0.15, -0.1) is 0 Å². The van der Waals surface area contributed by atoms with Gasteiger partial charge in [0.15, 0.2) is 5.76 Å². The third kappa shape index (κ3) is 2.69. The number of nitrogens with zero attached hydrogens (tertiary/aromatic N) is 3. The maximum absolute atomic E-state index is 12.5. The Balaban J connectivity index is 1.59. The lowest BCUT2D eigenvalue weighted by Gasteiger charge is -2.20. The average Bonchev–Trinajstić information content (AvgIpc) is 3.34. The lowest BCUT2D eigenvalue weighted by Crippen LogP contribution is -2.30. The Labute approximate surface area is 143 Å². The highest BCUT2D eigenvalue weighted by Gasteiger charge is 2.35. The molecule has 1 saturated heterocycles. The van der Waals surface area contributed by atoms with Crippen molar-refractivity contribution in [2.75, 3.05) is 6.54 Å². The van der Waals surface area contributed by atoms with E-state index in [-0.39, 0.29) is 11.9 Å². The normalized spacial score (nSPS) is 17.4. The van der Waals surface area contributed by atoms with Crippen LogP contribution in [0.4, 0.5) is 0 Å². The lowest BCUT2D eigenvalue weighted by atomic mass is 10.2. The molecule has 122 valence electrons. The van der Waals surface area contributed by atoms with Gasteiger partial charge in [0.1, 0.15) is 6.04 Å². The van der Waals surface area contributed by atoms with Crippen LogP contribution in [-0.2, 0) is 0 Å². The minimum absolute atomic E-state index is 0.159. The quantitative estimate of drug-likeness (QED) is 0.719. The lowest BCUT2D eigenvalue weighted by molar-refractivity contribution is 0.0678. The molecule has 0 spiro atoms. The van der Waals surface area contributed by atoms with Crippen molar-refractivity contribution in [3.63, 3.8) is 0 Å². The Morgan fingerprint density at radius 1 is 1.25 bits per heavy atom. The number of rotatable bonds is 3. The van der Waals surface area contributed by atoms with E-state index in [9.17, 15) is 4.79 Å². The van der Waals surface area contributed by atoms with Crippen molar-refractivity contribution < 1.29 is 13.7 Å². The van der Waals surface area contributed by atoms with Crippen LogP contribution in [0.5, 0.6) is 0 Å². The SMILES string of the molecule is O=C(c1ccco1)N1CCC[C@H]1c1nc(-c2ccc(Cl)cc2)no1. The van der Waals surface area contributed by atoms with Gasteiger partial charge in [-0.1, -0.05) is 16.8 Å². The molecular weight excluding hydrogens is 330 g/mol. The van der Waals surface area contributed by atoms with Gasteiger partial charge in [-0.3, -0.25) is 4.79 Å². The molecule has 0 saturated carbocycles.